The minimum atomic E-state index is -3.74. The van der Waals surface area contributed by atoms with Gasteiger partial charge in [0.15, 0.2) is 9.84 Å². The summed E-state index contributed by atoms with van der Waals surface area (Å²) < 4.78 is 23.8. The molecule has 3 N–H and O–H groups in total. The van der Waals surface area contributed by atoms with E-state index in [0.29, 0.717) is 5.56 Å². The lowest BCUT2D eigenvalue weighted by Crippen LogP contribution is -2.61. The van der Waals surface area contributed by atoms with E-state index in [0.717, 1.165) is 15.8 Å². The Bertz CT molecular complexity index is 1140. The number of rotatable bonds is 5. The number of hydrogen-bond donors (Lipinski definition) is 3. The van der Waals surface area contributed by atoms with E-state index < -0.39 is 49.8 Å². The molecule has 0 unspecified atom stereocenters. The predicted octanol–water partition coefficient (Wildman–Crippen LogP) is 0.414. The number of β-lactam (4-membered cyclic amide) rings is 1. The van der Waals surface area contributed by atoms with Gasteiger partial charge < -0.3 is 20.3 Å². The van der Waals surface area contributed by atoms with Crippen LogP contribution in [0.25, 0.3) is 10.9 Å². The lowest BCUT2D eigenvalue weighted by Gasteiger charge is -2.37. The molecule has 1 aromatic carbocycles. The number of hydrogen-bond acceptors (Lipinski definition) is 5. The van der Waals surface area contributed by atoms with Crippen molar-refractivity contribution in [2.45, 2.75) is 48.9 Å². The Kier molecular flexibility index (Phi) is 4.23. The number of carboxylic acids is 1. The second-order valence-electron chi connectivity index (χ2n) is 7.97. The largest absolute Gasteiger partial charge is 0.480 e. The highest BCUT2D eigenvalue weighted by molar-refractivity contribution is 7.93. The average Bonchev–Trinajstić information content (AvgIpc) is 3.10. The van der Waals surface area contributed by atoms with Crippen LogP contribution in [0.2, 0.25) is 0 Å². The third-order valence-electron chi connectivity index (χ3n) is 5.94. The highest BCUT2D eigenvalue weighted by Crippen LogP contribution is 2.45. The Labute approximate surface area is 167 Å². The molecule has 9 nitrogen and oxygen atoms in total. The summed E-state index contributed by atoms with van der Waals surface area (Å²) in [6.07, 6.45) is 1.56. The summed E-state index contributed by atoms with van der Waals surface area (Å²) in [6.45, 7) is 2.79. The molecule has 2 aromatic rings. The molecule has 29 heavy (non-hydrogen) atoms. The van der Waals surface area contributed by atoms with Crippen LogP contribution in [0.3, 0.4) is 0 Å². The number of carboxylic acid groups (broad SMARTS) is 1. The SMILES string of the molecule is CC1(C)[C@H](C(=O)N[C@@H](Cc2c[nH]c3ccccc23)C(=O)O)N2C(=O)C[C@H]2S1(=O)=O. The van der Waals surface area contributed by atoms with Crippen molar-refractivity contribution in [3.05, 3.63) is 36.0 Å². The van der Waals surface area contributed by atoms with Crippen LogP contribution in [-0.2, 0) is 30.6 Å². The van der Waals surface area contributed by atoms with Crippen LogP contribution < -0.4 is 5.32 Å². The van der Waals surface area contributed by atoms with Crippen molar-refractivity contribution in [2.75, 3.05) is 0 Å². The van der Waals surface area contributed by atoms with E-state index in [1.165, 1.54) is 13.8 Å². The minimum absolute atomic E-state index is 0.0162. The summed E-state index contributed by atoms with van der Waals surface area (Å²) in [5.41, 5.74) is 1.56. The van der Waals surface area contributed by atoms with Crippen molar-refractivity contribution >= 4 is 38.5 Å². The molecule has 0 bridgehead atoms. The summed E-state index contributed by atoms with van der Waals surface area (Å²) in [5.74, 6) is -2.44. The van der Waals surface area contributed by atoms with Crippen LogP contribution in [0.15, 0.2) is 30.5 Å². The van der Waals surface area contributed by atoms with E-state index in [1.54, 1.807) is 6.20 Å². The molecule has 3 heterocycles. The summed E-state index contributed by atoms with van der Waals surface area (Å²) in [4.78, 5) is 40.9. The maximum Gasteiger partial charge on any atom is 0.326 e. The third-order valence-corrected chi connectivity index (χ3v) is 8.74. The van der Waals surface area contributed by atoms with E-state index in [9.17, 15) is 27.9 Å². The molecule has 0 aliphatic carbocycles. The standard InChI is InChI=1S/C19H21N3O6S/c1-19(2)16(22-14(23)8-15(22)29(19,27)28)17(24)21-13(18(25)26)7-10-9-20-12-6-4-3-5-11(10)12/h3-6,9,13,15-16,20H,7-8H2,1-2H3,(H,21,24)(H,25,26)/t13-,15+,16-/m0/s1. The molecule has 4 rings (SSSR count). The summed E-state index contributed by atoms with van der Waals surface area (Å²) in [7, 11) is -3.74. The number of H-pyrrole nitrogens is 1. The maximum absolute atomic E-state index is 13.0. The molecule has 0 saturated carbocycles. The van der Waals surface area contributed by atoms with Gasteiger partial charge in [-0.25, -0.2) is 13.2 Å². The number of benzene rings is 1. The highest BCUT2D eigenvalue weighted by atomic mass is 32.2. The van der Waals surface area contributed by atoms with Gasteiger partial charge in [0, 0.05) is 23.5 Å². The zero-order chi connectivity index (χ0) is 21.1. The Balaban J connectivity index is 1.60. The first kappa shape index (κ1) is 19.4. The molecular formula is C19H21N3O6S. The smallest absolute Gasteiger partial charge is 0.326 e. The van der Waals surface area contributed by atoms with Crippen molar-refractivity contribution in [3.8, 4) is 0 Å². The van der Waals surface area contributed by atoms with Gasteiger partial charge in [-0.05, 0) is 25.5 Å². The molecule has 0 spiro atoms. The van der Waals surface area contributed by atoms with Crippen LogP contribution in [0.1, 0.15) is 25.8 Å². The van der Waals surface area contributed by atoms with Gasteiger partial charge in [-0.2, -0.15) is 0 Å². The molecular weight excluding hydrogens is 398 g/mol. The van der Waals surface area contributed by atoms with Crippen molar-refractivity contribution in [1.82, 2.24) is 15.2 Å². The van der Waals surface area contributed by atoms with Crippen molar-refractivity contribution in [3.63, 3.8) is 0 Å². The van der Waals surface area contributed by atoms with E-state index in [2.05, 4.69) is 10.3 Å². The zero-order valence-corrected chi connectivity index (χ0v) is 16.7. The number of sulfone groups is 1. The molecule has 2 fully saturated rings. The summed E-state index contributed by atoms with van der Waals surface area (Å²) in [6, 6.07) is 4.85. The minimum Gasteiger partial charge on any atom is -0.480 e. The van der Waals surface area contributed by atoms with Crippen molar-refractivity contribution < 1.29 is 27.9 Å². The number of carbonyl (C=O) groups excluding carboxylic acids is 2. The second kappa shape index (κ2) is 6.31. The Morgan fingerprint density at radius 2 is 2.03 bits per heavy atom. The number of carbonyl (C=O) groups is 3. The first-order valence-electron chi connectivity index (χ1n) is 9.18. The number of para-hydroxylation sites is 1. The van der Waals surface area contributed by atoms with Crippen molar-refractivity contribution in [1.29, 1.82) is 0 Å². The Hall–Kier alpha value is -2.88. The topological polar surface area (TPSA) is 137 Å². The normalized spacial score (nSPS) is 25.3. The monoisotopic (exact) mass is 419 g/mol. The van der Waals surface area contributed by atoms with Gasteiger partial charge in [0.05, 0.1) is 11.2 Å². The van der Waals surface area contributed by atoms with Crippen LogP contribution in [0.4, 0.5) is 0 Å². The number of nitrogens with one attached hydrogen (secondary N) is 2. The molecule has 2 aliphatic rings. The quantitative estimate of drug-likeness (QED) is 0.601. The number of aliphatic carboxylic acids is 1. The van der Waals surface area contributed by atoms with Crippen LogP contribution in [-0.4, -0.2) is 63.4 Å². The van der Waals surface area contributed by atoms with Crippen LogP contribution >= 0.6 is 0 Å². The number of nitrogens with zero attached hydrogens (tertiary/aromatic N) is 1. The first-order valence-corrected chi connectivity index (χ1v) is 10.7. The molecule has 3 atom stereocenters. The van der Waals surface area contributed by atoms with E-state index in [-0.39, 0.29) is 12.8 Å². The van der Waals surface area contributed by atoms with Crippen LogP contribution in [0.5, 0.6) is 0 Å². The summed E-state index contributed by atoms with van der Waals surface area (Å²) in [5, 5.41) is 11.9. The number of aromatic amines is 1. The van der Waals surface area contributed by atoms with Gasteiger partial charge in [-0.3, -0.25) is 9.59 Å². The number of fused-ring (bicyclic) bond motifs is 2. The molecule has 0 radical (unpaired) electrons. The molecule has 2 aliphatic heterocycles. The molecule has 2 saturated heterocycles. The number of amides is 2. The second-order valence-corrected chi connectivity index (χ2v) is 10.7. The zero-order valence-electron chi connectivity index (χ0n) is 15.9. The Morgan fingerprint density at radius 1 is 1.34 bits per heavy atom. The molecule has 1 aromatic heterocycles. The van der Waals surface area contributed by atoms with Gasteiger partial charge >= 0.3 is 5.97 Å². The maximum atomic E-state index is 13.0. The number of aromatic nitrogens is 1. The third kappa shape index (κ3) is 2.73. The van der Waals surface area contributed by atoms with Gasteiger partial charge in [-0.15, -0.1) is 0 Å². The van der Waals surface area contributed by atoms with Gasteiger partial charge in [-0.1, -0.05) is 18.2 Å². The summed E-state index contributed by atoms with van der Waals surface area (Å²) >= 11 is 0. The van der Waals surface area contributed by atoms with E-state index in [4.69, 9.17) is 0 Å². The fourth-order valence-corrected chi connectivity index (χ4v) is 6.36. The van der Waals surface area contributed by atoms with E-state index in [1.807, 2.05) is 24.3 Å². The van der Waals surface area contributed by atoms with Crippen LogP contribution in [0, 0.1) is 0 Å². The van der Waals surface area contributed by atoms with Gasteiger partial charge in [0.2, 0.25) is 11.8 Å². The average molecular weight is 419 g/mol. The Morgan fingerprint density at radius 3 is 2.69 bits per heavy atom. The lowest BCUT2D eigenvalue weighted by molar-refractivity contribution is -0.151. The predicted molar refractivity (Wildman–Crippen MR) is 104 cm³/mol. The lowest BCUT2D eigenvalue weighted by atomic mass is 9.96. The van der Waals surface area contributed by atoms with Gasteiger partial charge in [0.25, 0.3) is 0 Å². The van der Waals surface area contributed by atoms with Gasteiger partial charge in [0.1, 0.15) is 17.5 Å². The van der Waals surface area contributed by atoms with E-state index >= 15 is 0 Å². The molecule has 2 amide bonds. The molecule has 154 valence electrons. The highest BCUT2D eigenvalue weighted by Gasteiger charge is 2.67. The first-order chi connectivity index (χ1) is 13.6. The fraction of sp³-hybridized carbons (Fsp3) is 0.421. The van der Waals surface area contributed by atoms with Crippen molar-refractivity contribution in [2.24, 2.45) is 0 Å². The molecule has 10 heteroatoms. The fourth-order valence-electron chi connectivity index (χ4n) is 4.23.